The number of rotatable bonds is 2. The molecule has 0 amide bonds. The lowest BCUT2D eigenvalue weighted by Gasteiger charge is -2.48. The van der Waals surface area contributed by atoms with Crippen molar-refractivity contribution in [2.45, 2.75) is 31.3 Å². The summed E-state index contributed by atoms with van der Waals surface area (Å²) in [5.41, 5.74) is -2.08. The van der Waals surface area contributed by atoms with E-state index in [9.17, 15) is 15.0 Å². The van der Waals surface area contributed by atoms with Gasteiger partial charge in [0.2, 0.25) is 0 Å². The van der Waals surface area contributed by atoms with Crippen molar-refractivity contribution < 1.29 is 19.7 Å². The highest BCUT2D eigenvalue weighted by Crippen LogP contribution is 2.45. The average Bonchev–Trinajstić information content (AvgIpc) is 2.30. The van der Waals surface area contributed by atoms with Crippen LogP contribution in [0.2, 0.25) is 0 Å². The number of carboxylic acids is 1. The fourth-order valence-electron chi connectivity index (χ4n) is 2.92. The third kappa shape index (κ3) is 1.73. The van der Waals surface area contributed by atoms with E-state index in [1.54, 1.807) is 0 Å². The molecule has 2 aliphatic rings. The second-order valence-electron chi connectivity index (χ2n) is 4.78. The Hall–Kier alpha value is -0.650. The van der Waals surface area contributed by atoms with E-state index in [0.717, 1.165) is 0 Å². The molecule has 3 N–H and O–H groups in total. The van der Waals surface area contributed by atoms with Crippen LogP contribution in [0.1, 0.15) is 25.7 Å². The van der Waals surface area contributed by atoms with E-state index in [4.69, 9.17) is 4.74 Å². The lowest BCUT2D eigenvalue weighted by atomic mass is 9.63. The number of ether oxygens (including phenoxy) is 1. The van der Waals surface area contributed by atoms with Crippen molar-refractivity contribution in [3.05, 3.63) is 0 Å². The Morgan fingerprint density at radius 2 is 1.69 bits per heavy atom. The third-order valence-corrected chi connectivity index (χ3v) is 4.08. The van der Waals surface area contributed by atoms with Crippen molar-refractivity contribution in [3.8, 4) is 0 Å². The molecule has 0 atom stereocenters. The molecule has 0 bridgehead atoms. The molecule has 0 unspecified atom stereocenters. The maximum Gasteiger partial charge on any atom is 0.312 e. The van der Waals surface area contributed by atoms with Crippen LogP contribution < -0.4 is 5.32 Å². The molecule has 2 heterocycles. The largest absolute Gasteiger partial charge is 0.481 e. The van der Waals surface area contributed by atoms with Gasteiger partial charge in [-0.2, -0.15) is 0 Å². The number of hydrogen-bond donors (Lipinski definition) is 3. The van der Waals surface area contributed by atoms with E-state index >= 15 is 0 Å². The number of aliphatic carboxylic acids is 1. The molecule has 92 valence electrons. The van der Waals surface area contributed by atoms with Crippen LogP contribution in [0.3, 0.4) is 0 Å². The highest BCUT2D eigenvalue weighted by atomic mass is 16.5. The SMILES string of the molecule is O=C(O)C1(C2(O)CCOCC2)CCNCC1. The first-order valence-corrected chi connectivity index (χ1v) is 5.85. The molecule has 0 saturated carbocycles. The second kappa shape index (κ2) is 4.31. The predicted molar refractivity (Wildman–Crippen MR) is 57.2 cm³/mol. The Morgan fingerprint density at radius 1 is 1.12 bits per heavy atom. The Labute approximate surface area is 94.8 Å². The lowest BCUT2D eigenvalue weighted by molar-refractivity contribution is -0.189. The van der Waals surface area contributed by atoms with Gasteiger partial charge < -0.3 is 20.3 Å². The van der Waals surface area contributed by atoms with Crippen molar-refractivity contribution in [1.82, 2.24) is 5.32 Å². The first-order chi connectivity index (χ1) is 7.61. The van der Waals surface area contributed by atoms with Crippen LogP contribution in [0.25, 0.3) is 0 Å². The number of carboxylic acid groups (broad SMARTS) is 1. The normalized spacial score (nSPS) is 28.6. The van der Waals surface area contributed by atoms with E-state index < -0.39 is 17.0 Å². The van der Waals surface area contributed by atoms with Gasteiger partial charge in [0.1, 0.15) is 0 Å². The molecule has 16 heavy (non-hydrogen) atoms. The minimum atomic E-state index is -1.10. The summed E-state index contributed by atoms with van der Waals surface area (Å²) in [7, 11) is 0. The van der Waals surface area contributed by atoms with Crippen LogP contribution in [-0.4, -0.2) is 48.1 Å². The van der Waals surface area contributed by atoms with E-state index in [2.05, 4.69) is 5.32 Å². The van der Waals surface area contributed by atoms with Crippen molar-refractivity contribution in [2.75, 3.05) is 26.3 Å². The summed E-state index contributed by atoms with van der Waals surface area (Å²) in [6, 6.07) is 0. The predicted octanol–water partition coefficient (Wildman–Crippen LogP) is -0.0177. The van der Waals surface area contributed by atoms with Gasteiger partial charge in [-0.3, -0.25) is 4.79 Å². The average molecular weight is 229 g/mol. The quantitative estimate of drug-likeness (QED) is 0.620. The van der Waals surface area contributed by atoms with E-state index in [1.807, 2.05) is 0 Å². The molecule has 0 spiro atoms. The van der Waals surface area contributed by atoms with E-state index in [0.29, 0.717) is 52.0 Å². The summed E-state index contributed by atoms with van der Waals surface area (Å²) < 4.78 is 5.21. The Balaban J connectivity index is 2.26. The maximum atomic E-state index is 11.6. The summed E-state index contributed by atoms with van der Waals surface area (Å²) in [5, 5.41) is 23.3. The van der Waals surface area contributed by atoms with Gasteiger partial charge in [-0.15, -0.1) is 0 Å². The molecule has 2 aliphatic heterocycles. The van der Waals surface area contributed by atoms with Crippen molar-refractivity contribution in [1.29, 1.82) is 0 Å². The van der Waals surface area contributed by atoms with Gasteiger partial charge in [-0.1, -0.05) is 0 Å². The molecule has 5 nitrogen and oxygen atoms in total. The molecule has 0 radical (unpaired) electrons. The third-order valence-electron chi connectivity index (χ3n) is 4.08. The van der Waals surface area contributed by atoms with Gasteiger partial charge in [-0.25, -0.2) is 0 Å². The number of hydrogen-bond acceptors (Lipinski definition) is 4. The molecule has 0 aromatic carbocycles. The van der Waals surface area contributed by atoms with Crippen LogP contribution in [0.15, 0.2) is 0 Å². The minimum absolute atomic E-state index is 0.430. The highest BCUT2D eigenvalue weighted by Gasteiger charge is 2.56. The maximum absolute atomic E-state index is 11.6. The monoisotopic (exact) mass is 229 g/mol. The second-order valence-corrected chi connectivity index (χ2v) is 4.78. The molecule has 0 aromatic heterocycles. The van der Waals surface area contributed by atoms with Crippen molar-refractivity contribution >= 4 is 5.97 Å². The fraction of sp³-hybridized carbons (Fsp3) is 0.909. The standard InChI is InChI=1S/C11H19NO4/c13-9(14)10(1-5-12-6-2-10)11(15)3-7-16-8-4-11/h12,15H,1-8H2,(H,13,14). The zero-order chi connectivity index (χ0) is 11.6. The van der Waals surface area contributed by atoms with Crippen LogP contribution in [-0.2, 0) is 9.53 Å². The first-order valence-electron chi connectivity index (χ1n) is 5.85. The van der Waals surface area contributed by atoms with Gasteiger partial charge >= 0.3 is 5.97 Å². The number of aliphatic hydroxyl groups is 1. The molecule has 5 heteroatoms. The molecule has 2 rings (SSSR count). The van der Waals surface area contributed by atoms with Crippen LogP contribution in [0, 0.1) is 5.41 Å². The molecule has 2 fully saturated rings. The van der Waals surface area contributed by atoms with E-state index in [1.165, 1.54) is 0 Å². The first kappa shape index (κ1) is 11.8. The molecular weight excluding hydrogens is 210 g/mol. The Morgan fingerprint density at radius 3 is 2.19 bits per heavy atom. The lowest BCUT2D eigenvalue weighted by Crippen LogP contribution is -2.59. The topological polar surface area (TPSA) is 78.8 Å². The zero-order valence-electron chi connectivity index (χ0n) is 9.37. The molecule has 0 aromatic rings. The molecule has 0 aliphatic carbocycles. The van der Waals surface area contributed by atoms with Crippen molar-refractivity contribution in [3.63, 3.8) is 0 Å². The van der Waals surface area contributed by atoms with Gasteiger partial charge in [0.15, 0.2) is 0 Å². The van der Waals surface area contributed by atoms with Crippen molar-refractivity contribution in [2.24, 2.45) is 5.41 Å². The zero-order valence-corrected chi connectivity index (χ0v) is 9.37. The summed E-state index contributed by atoms with van der Waals surface area (Å²) in [6.45, 7) is 2.24. The van der Waals surface area contributed by atoms with Crippen LogP contribution in [0.5, 0.6) is 0 Å². The number of piperidine rings is 1. The summed E-state index contributed by atoms with van der Waals surface area (Å²) >= 11 is 0. The summed E-state index contributed by atoms with van der Waals surface area (Å²) in [6.07, 6.45) is 1.86. The van der Waals surface area contributed by atoms with Crippen LogP contribution >= 0.6 is 0 Å². The minimum Gasteiger partial charge on any atom is -0.481 e. The highest BCUT2D eigenvalue weighted by molar-refractivity contribution is 5.76. The smallest absolute Gasteiger partial charge is 0.312 e. The van der Waals surface area contributed by atoms with Crippen LogP contribution in [0.4, 0.5) is 0 Å². The van der Waals surface area contributed by atoms with Gasteiger partial charge in [0, 0.05) is 26.1 Å². The van der Waals surface area contributed by atoms with Gasteiger partial charge in [-0.05, 0) is 25.9 Å². The molecule has 2 saturated heterocycles. The summed E-state index contributed by atoms with van der Waals surface area (Å²) in [4.78, 5) is 11.6. The number of nitrogens with one attached hydrogen (secondary N) is 1. The fourth-order valence-corrected chi connectivity index (χ4v) is 2.92. The summed E-state index contributed by atoms with van der Waals surface area (Å²) in [5.74, 6) is -0.863. The number of carbonyl (C=O) groups is 1. The van der Waals surface area contributed by atoms with E-state index in [-0.39, 0.29) is 0 Å². The Bertz CT molecular complexity index is 267. The molecular formula is C11H19NO4. The van der Waals surface area contributed by atoms with Gasteiger partial charge in [0.25, 0.3) is 0 Å². The Kier molecular flexibility index (Phi) is 3.19. The van der Waals surface area contributed by atoms with Gasteiger partial charge in [0.05, 0.1) is 11.0 Å².